The minimum atomic E-state index is -5.28. The molecule has 2 aromatic heterocycles. The molecule has 4 aromatic rings. The summed E-state index contributed by atoms with van der Waals surface area (Å²) in [5.41, 5.74) is -1.29. The summed E-state index contributed by atoms with van der Waals surface area (Å²) in [7, 11) is 0. The van der Waals surface area contributed by atoms with Crippen LogP contribution in [-0.4, -0.2) is 38.1 Å². The fourth-order valence-corrected chi connectivity index (χ4v) is 3.97. The van der Waals surface area contributed by atoms with Crippen molar-refractivity contribution in [1.29, 1.82) is 0 Å². The molecule has 2 atom stereocenters. The quantitative estimate of drug-likeness (QED) is 0.393. The average Bonchev–Trinajstić information content (AvgIpc) is 3.21. The van der Waals surface area contributed by atoms with E-state index in [1.165, 1.54) is 38.1 Å². The maximum Gasteiger partial charge on any atom is 0.402 e. The Morgan fingerprint density at radius 3 is 1.47 bits per heavy atom. The molecule has 168 valence electrons. The van der Waals surface area contributed by atoms with Gasteiger partial charge in [-0.25, -0.2) is 9.97 Å². The molecule has 5 nitrogen and oxygen atoms in total. The van der Waals surface area contributed by atoms with E-state index in [4.69, 9.17) is 0 Å². The van der Waals surface area contributed by atoms with Gasteiger partial charge in [0.1, 0.15) is 23.5 Å². The van der Waals surface area contributed by atoms with Crippen LogP contribution in [0.5, 0.6) is 0 Å². The van der Waals surface area contributed by atoms with Crippen LogP contribution in [0.3, 0.4) is 0 Å². The van der Waals surface area contributed by atoms with E-state index >= 15 is 0 Å². The van der Waals surface area contributed by atoms with Gasteiger partial charge in [0.2, 0.25) is 0 Å². The number of halogens is 6. The minimum Gasteiger partial charge on any atom is -0.342 e. The highest BCUT2D eigenvalue weighted by Crippen LogP contribution is 2.47. The number of benzene rings is 2. The summed E-state index contributed by atoms with van der Waals surface area (Å²) in [5.74, 6) is -7.56. The van der Waals surface area contributed by atoms with Crippen molar-refractivity contribution in [2.45, 2.75) is 38.0 Å². The maximum absolute atomic E-state index is 14.1. The number of aryl methyl sites for hydroxylation is 2. The number of rotatable bonds is 4. The molecule has 2 N–H and O–H groups in total. The summed E-state index contributed by atoms with van der Waals surface area (Å²) in [4.78, 5) is 26.5. The zero-order valence-corrected chi connectivity index (χ0v) is 16.7. The number of nitrogens with one attached hydrogen (secondary N) is 2. The molecule has 0 saturated carbocycles. The van der Waals surface area contributed by atoms with E-state index in [1.54, 1.807) is 0 Å². The fraction of sp³-hybridized carbons (Fsp3) is 0.286. The molecule has 2 aromatic carbocycles. The van der Waals surface area contributed by atoms with Crippen molar-refractivity contribution < 1.29 is 31.1 Å². The number of carbonyl (C=O) groups excluding carboxylic acids is 1. The topological polar surface area (TPSA) is 74.4 Å². The van der Waals surface area contributed by atoms with E-state index in [1.807, 2.05) is 0 Å². The second kappa shape index (κ2) is 7.35. The molecule has 0 bridgehead atoms. The Hall–Kier alpha value is -3.37. The number of carbonyl (C=O) groups is 1. The lowest BCUT2D eigenvalue weighted by Crippen LogP contribution is -2.38. The highest BCUT2D eigenvalue weighted by Gasteiger charge is 2.56. The smallest absolute Gasteiger partial charge is 0.342 e. The van der Waals surface area contributed by atoms with Crippen LogP contribution in [0.1, 0.15) is 34.6 Å². The number of para-hydroxylation sites is 2. The molecular formula is C21H16F6N4O. The van der Waals surface area contributed by atoms with Crippen molar-refractivity contribution in [1.82, 2.24) is 19.9 Å². The summed E-state index contributed by atoms with van der Waals surface area (Å²) >= 11 is 0. The molecule has 0 fully saturated rings. The van der Waals surface area contributed by atoms with Crippen LogP contribution in [0, 0.1) is 13.8 Å². The van der Waals surface area contributed by atoms with Gasteiger partial charge in [-0.1, -0.05) is 24.3 Å². The number of H-pyrrole nitrogens is 2. The highest BCUT2D eigenvalue weighted by molar-refractivity contribution is 5.99. The predicted molar refractivity (Wildman–Crippen MR) is 104 cm³/mol. The number of Topliss-reactive ketones (excluding diaryl/α,β-unsaturated/α-hetero) is 1. The number of fused-ring (bicyclic) bond motifs is 2. The molecule has 0 spiro atoms. The summed E-state index contributed by atoms with van der Waals surface area (Å²) in [5, 5.41) is 0. The number of hydrogen-bond donors (Lipinski definition) is 2. The lowest BCUT2D eigenvalue weighted by molar-refractivity contribution is -0.183. The van der Waals surface area contributed by atoms with E-state index in [9.17, 15) is 31.1 Å². The van der Waals surface area contributed by atoms with E-state index in [-0.39, 0.29) is 33.7 Å². The summed E-state index contributed by atoms with van der Waals surface area (Å²) in [6.45, 7) is 2.99. The van der Waals surface area contributed by atoms with E-state index < -0.39 is 41.1 Å². The predicted octanol–water partition coefficient (Wildman–Crippen LogP) is 5.62. The normalized spacial score (nSPS) is 14.8. The van der Waals surface area contributed by atoms with Crippen molar-refractivity contribution >= 4 is 27.9 Å². The standard InChI is InChI=1S/C21H16F6N4O/c1-9-28-13-7-3-5-11(17(13)30-9)15(20(22,23)24)19(32)16(21(25,26)27)12-6-4-8-14-18(12)31-10(2)29-14/h3-8,15-16H,1-2H3,(H,28,30)(H,29,31). The lowest BCUT2D eigenvalue weighted by Gasteiger charge is -2.27. The molecular weight excluding hydrogens is 438 g/mol. The van der Waals surface area contributed by atoms with Crippen molar-refractivity contribution in [3.05, 3.63) is 59.2 Å². The van der Waals surface area contributed by atoms with Gasteiger partial charge >= 0.3 is 12.4 Å². The molecule has 0 radical (unpaired) electrons. The van der Waals surface area contributed by atoms with Crippen LogP contribution in [0.2, 0.25) is 0 Å². The van der Waals surface area contributed by atoms with Crippen molar-refractivity contribution in [2.75, 3.05) is 0 Å². The molecule has 0 aliphatic rings. The van der Waals surface area contributed by atoms with Gasteiger partial charge in [-0.05, 0) is 37.1 Å². The highest BCUT2D eigenvalue weighted by atomic mass is 19.4. The van der Waals surface area contributed by atoms with E-state index in [0.717, 1.165) is 12.1 Å². The first kappa shape index (κ1) is 21.8. The number of imidazole rings is 2. The number of hydrogen-bond acceptors (Lipinski definition) is 3. The first-order valence-electron chi connectivity index (χ1n) is 9.45. The number of alkyl halides is 6. The molecule has 11 heteroatoms. The maximum atomic E-state index is 14.1. The average molecular weight is 454 g/mol. The Balaban J connectivity index is 1.94. The lowest BCUT2D eigenvalue weighted by atomic mass is 9.82. The molecule has 2 heterocycles. The van der Waals surface area contributed by atoms with Gasteiger partial charge in [0.25, 0.3) is 0 Å². The SMILES string of the molecule is Cc1nc2c(C(C(=O)C(c3cccc4[nH]c(C)nc34)C(F)(F)F)C(F)(F)F)cccc2[nH]1. The summed E-state index contributed by atoms with van der Waals surface area (Å²) in [6, 6.07) is 7.30. The molecule has 4 rings (SSSR count). The van der Waals surface area contributed by atoms with Gasteiger partial charge in [-0.2, -0.15) is 26.3 Å². The fourth-order valence-electron chi connectivity index (χ4n) is 3.97. The van der Waals surface area contributed by atoms with Gasteiger partial charge in [0.05, 0.1) is 22.1 Å². The van der Waals surface area contributed by atoms with Crippen LogP contribution in [-0.2, 0) is 4.79 Å². The third-order valence-electron chi connectivity index (χ3n) is 5.17. The second-order valence-electron chi connectivity index (χ2n) is 7.48. The zero-order chi connectivity index (χ0) is 23.4. The molecule has 0 amide bonds. The van der Waals surface area contributed by atoms with Crippen molar-refractivity contribution in [3.63, 3.8) is 0 Å². The Bertz CT molecular complexity index is 1220. The number of ketones is 1. The van der Waals surface area contributed by atoms with Crippen LogP contribution < -0.4 is 0 Å². The van der Waals surface area contributed by atoms with Crippen LogP contribution in [0.25, 0.3) is 22.1 Å². The van der Waals surface area contributed by atoms with Crippen molar-refractivity contribution in [3.8, 4) is 0 Å². The summed E-state index contributed by atoms with van der Waals surface area (Å²) < 4.78 is 84.8. The van der Waals surface area contributed by atoms with Gasteiger partial charge < -0.3 is 9.97 Å². The van der Waals surface area contributed by atoms with E-state index in [0.29, 0.717) is 0 Å². The van der Waals surface area contributed by atoms with Gasteiger partial charge in [0.15, 0.2) is 5.78 Å². The first-order chi connectivity index (χ1) is 14.9. The molecule has 0 saturated heterocycles. The van der Waals surface area contributed by atoms with Gasteiger partial charge in [-0.15, -0.1) is 0 Å². The zero-order valence-electron chi connectivity index (χ0n) is 16.7. The number of nitrogens with zero attached hydrogens (tertiary/aromatic N) is 2. The van der Waals surface area contributed by atoms with Crippen LogP contribution in [0.15, 0.2) is 36.4 Å². The van der Waals surface area contributed by atoms with Crippen LogP contribution in [0.4, 0.5) is 26.3 Å². The first-order valence-corrected chi connectivity index (χ1v) is 9.45. The number of aromatic amines is 2. The Morgan fingerprint density at radius 1 is 0.750 bits per heavy atom. The summed E-state index contributed by atoms with van der Waals surface area (Å²) in [6.07, 6.45) is -10.6. The monoisotopic (exact) mass is 454 g/mol. The largest absolute Gasteiger partial charge is 0.402 e. The third kappa shape index (κ3) is 3.71. The van der Waals surface area contributed by atoms with E-state index in [2.05, 4.69) is 19.9 Å². The second-order valence-corrected chi connectivity index (χ2v) is 7.48. The third-order valence-corrected chi connectivity index (χ3v) is 5.17. The molecule has 32 heavy (non-hydrogen) atoms. The Morgan fingerprint density at radius 2 is 1.12 bits per heavy atom. The molecule has 2 unspecified atom stereocenters. The van der Waals surface area contributed by atoms with Crippen LogP contribution >= 0.6 is 0 Å². The minimum absolute atomic E-state index is 0.190. The molecule has 0 aliphatic carbocycles. The van der Waals surface area contributed by atoms with Gasteiger partial charge in [-0.3, -0.25) is 4.79 Å². The Labute approximate surface area is 176 Å². The Kier molecular flexibility index (Phi) is 5.02. The molecule has 0 aliphatic heterocycles. The van der Waals surface area contributed by atoms with Crippen molar-refractivity contribution in [2.24, 2.45) is 0 Å². The number of aromatic nitrogens is 4. The van der Waals surface area contributed by atoms with Gasteiger partial charge in [0, 0.05) is 0 Å².